The van der Waals surface area contributed by atoms with Crippen molar-refractivity contribution < 1.29 is 18.0 Å². The topological polar surface area (TPSA) is 69.3 Å². The standard InChI is InChI=1S/C16H22F3N5O/c17-16(18,19)13-1-2-14(21-9-13)24-6-4-12(10-24)15(25)20-5-3-11-7-22-23-8-11/h1-2,9,11-12,22-23H,3-8,10H2,(H,20,25). The summed E-state index contributed by atoms with van der Waals surface area (Å²) in [6.45, 7) is 3.56. The molecule has 1 amide bonds. The van der Waals surface area contributed by atoms with Gasteiger partial charge in [0, 0.05) is 38.9 Å². The molecule has 3 heterocycles. The van der Waals surface area contributed by atoms with Crippen LogP contribution in [0.3, 0.4) is 0 Å². The summed E-state index contributed by atoms with van der Waals surface area (Å²) in [5.74, 6) is 0.861. The van der Waals surface area contributed by atoms with Crippen LogP contribution in [-0.4, -0.2) is 43.6 Å². The van der Waals surface area contributed by atoms with E-state index in [1.54, 1.807) is 0 Å². The Balaban J connectivity index is 1.46. The summed E-state index contributed by atoms with van der Waals surface area (Å²) in [6, 6.07) is 2.39. The number of hydrogen-bond acceptors (Lipinski definition) is 5. The predicted octanol–water partition coefficient (Wildman–Crippen LogP) is 1.16. The van der Waals surface area contributed by atoms with Crippen LogP contribution in [0.1, 0.15) is 18.4 Å². The minimum Gasteiger partial charge on any atom is -0.356 e. The molecule has 25 heavy (non-hydrogen) atoms. The molecule has 2 fully saturated rings. The van der Waals surface area contributed by atoms with Gasteiger partial charge >= 0.3 is 6.18 Å². The average Bonchev–Trinajstić information content (AvgIpc) is 3.26. The van der Waals surface area contributed by atoms with Crippen LogP contribution in [0.4, 0.5) is 19.0 Å². The lowest BCUT2D eigenvalue weighted by molar-refractivity contribution is -0.137. The third kappa shape index (κ3) is 4.60. The van der Waals surface area contributed by atoms with E-state index in [1.165, 1.54) is 6.07 Å². The molecule has 9 heteroatoms. The SMILES string of the molecule is O=C(NCCC1CNNC1)C1CCN(c2ccc(C(F)(F)F)cn2)C1. The number of aromatic nitrogens is 1. The Kier molecular flexibility index (Phi) is 5.43. The molecule has 3 rings (SSSR count). The fourth-order valence-electron chi connectivity index (χ4n) is 3.18. The molecule has 6 nitrogen and oxygen atoms in total. The maximum atomic E-state index is 12.6. The molecule has 3 N–H and O–H groups in total. The number of halogens is 3. The lowest BCUT2D eigenvalue weighted by atomic mass is 10.1. The minimum absolute atomic E-state index is 0.00771. The molecule has 1 atom stereocenters. The van der Waals surface area contributed by atoms with Gasteiger partial charge in [0.2, 0.25) is 5.91 Å². The molecule has 1 unspecified atom stereocenters. The second-order valence-electron chi connectivity index (χ2n) is 6.54. The maximum absolute atomic E-state index is 12.6. The third-order valence-electron chi connectivity index (χ3n) is 4.72. The Morgan fingerprint density at radius 1 is 1.32 bits per heavy atom. The van der Waals surface area contributed by atoms with E-state index in [4.69, 9.17) is 0 Å². The summed E-state index contributed by atoms with van der Waals surface area (Å²) in [7, 11) is 0. The number of rotatable bonds is 5. The number of hydrazine groups is 1. The number of nitrogens with zero attached hydrogens (tertiary/aromatic N) is 2. The van der Waals surface area contributed by atoms with Crippen LogP contribution in [0.2, 0.25) is 0 Å². The van der Waals surface area contributed by atoms with Crippen molar-refractivity contribution in [3.63, 3.8) is 0 Å². The molecule has 0 aliphatic carbocycles. The fraction of sp³-hybridized carbons (Fsp3) is 0.625. The summed E-state index contributed by atoms with van der Waals surface area (Å²) < 4.78 is 37.7. The molecule has 2 aliphatic rings. The molecule has 0 saturated carbocycles. The summed E-state index contributed by atoms with van der Waals surface area (Å²) in [5, 5.41) is 2.96. The molecule has 0 aromatic carbocycles. The van der Waals surface area contributed by atoms with Gasteiger partial charge in [-0.3, -0.25) is 15.6 Å². The van der Waals surface area contributed by atoms with E-state index in [9.17, 15) is 18.0 Å². The van der Waals surface area contributed by atoms with Crippen LogP contribution >= 0.6 is 0 Å². The zero-order valence-electron chi connectivity index (χ0n) is 13.8. The molecule has 0 spiro atoms. The van der Waals surface area contributed by atoms with Crippen molar-refractivity contribution in [1.29, 1.82) is 0 Å². The normalized spacial score (nSPS) is 21.7. The van der Waals surface area contributed by atoms with Crippen molar-refractivity contribution >= 4 is 11.7 Å². The average molecular weight is 357 g/mol. The van der Waals surface area contributed by atoms with Gasteiger partial charge in [0.1, 0.15) is 5.82 Å². The zero-order chi connectivity index (χ0) is 17.9. The van der Waals surface area contributed by atoms with Crippen LogP contribution in [-0.2, 0) is 11.0 Å². The summed E-state index contributed by atoms with van der Waals surface area (Å²) >= 11 is 0. The first-order valence-electron chi connectivity index (χ1n) is 8.45. The van der Waals surface area contributed by atoms with E-state index in [0.29, 0.717) is 37.8 Å². The first kappa shape index (κ1) is 17.9. The highest BCUT2D eigenvalue weighted by atomic mass is 19.4. The highest BCUT2D eigenvalue weighted by Gasteiger charge is 2.32. The Labute approximate surface area is 144 Å². The summed E-state index contributed by atoms with van der Waals surface area (Å²) in [6.07, 6.45) is -1.95. The summed E-state index contributed by atoms with van der Waals surface area (Å²) in [5.41, 5.74) is 5.35. The van der Waals surface area contributed by atoms with Gasteiger partial charge in [0.05, 0.1) is 11.5 Å². The number of carbonyl (C=O) groups excluding carboxylic acids is 1. The van der Waals surface area contributed by atoms with Crippen LogP contribution in [0.25, 0.3) is 0 Å². The number of hydrogen-bond donors (Lipinski definition) is 3. The lowest BCUT2D eigenvalue weighted by Crippen LogP contribution is -2.34. The van der Waals surface area contributed by atoms with E-state index in [-0.39, 0.29) is 11.8 Å². The highest BCUT2D eigenvalue weighted by molar-refractivity contribution is 5.80. The second kappa shape index (κ2) is 7.57. The van der Waals surface area contributed by atoms with E-state index in [2.05, 4.69) is 21.2 Å². The zero-order valence-corrected chi connectivity index (χ0v) is 13.8. The first-order valence-corrected chi connectivity index (χ1v) is 8.45. The molecule has 2 saturated heterocycles. The van der Waals surface area contributed by atoms with Gasteiger partial charge < -0.3 is 10.2 Å². The van der Waals surface area contributed by atoms with Gasteiger partial charge in [-0.25, -0.2) is 4.98 Å². The van der Waals surface area contributed by atoms with Gasteiger partial charge in [-0.1, -0.05) is 0 Å². The van der Waals surface area contributed by atoms with Crippen molar-refractivity contribution in [3.8, 4) is 0 Å². The monoisotopic (exact) mass is 357 g/mol. The third-order valence-corrected chi connectivity index (χ3v) is 4.72. The quantitative estimate of drug-likeness (QED) is 0.738. The number of anilines is 1. The van der Waals surface area contributed by atoms with E-state index in [1.807, 2.05) is 4.90 Å². The van der Waals surface area contributed by atoms with Crippen LogP contribution in [0, 0.1) is 11.8 Å². The smallest absolute Gasteiger partial charge is 0.356 e. The Morgan fingerprint density at radius 2 is 2.08 bits per heavy atom. The Morgan fingerprint density at radius 3 is 2.72 bits per heavy atom. The molecule has 0 bridgehead atoms. The largest absolute Gasteiger partial charge is 0.417 e. The number of pyridine rings is 1. The van der Waals surface area contributed by atoms with Crippen molar-refractivity contribution in [2.24, 2.45) is 11.8 Å². The first-order chi connectivity index (χ1) is 11.9. The van der Waals surface area contributed by atoms with Gasteiger partial charge in [-0.05, 0) is 30.9 Å². The van der Waals surface area contributed by atoms with E-state index >= 15 is 0 Å². The van der Waals surface area contributed by atoms with E-state index in [0.717, 1.165) is 31.8 Å². The Bertz CT molecular complexity index is 586. The number of nitrogens with one attached hydrogen (secondary N) is 3. The fourth-order valence-corrected chi connectivity index (χ4v) is 3.18. The van der Waals surface area contributed by atoms with Gasteiger partial charge in [-0.2, -0.15) is 13.2 Å². The van der Waals surface area contributed by atoms with Gasteiger partial charge in [0.25, 0.3) is 0 Å². The minimum atomic E-state index is -4.39. The molecule has 0 radical (unpaired) electrons. The molecule has 2 aliphatic heterocycles. The molecular formula is C16H22F3N5O. The van der Waals surface area contributed by atoms with Crippen LogP contribution in [0.15, 0.2) is 18.3 Å². The summed E-state index contributed by atoms with van der Waals surface area (Å²) in [4.78, 5) is 18.0. The highest BCUT2D eigenvalue weighted by Crippen LogP contribution is 2.30. The lowest BCUT2D eigenvalue weighted by Gasteiger charge is -2.18. The number of amides is 1. The number of alkyl halides is 3. The molecule has 1 aromatic rings. The molecular weight excluding hydrogens is 335 g/mol. The number of carbonyl (C=O) groups is 1. The van der Waals surface area contributed by atoms with Crippen LogP contribution in [0.5, 0.6) is 0 Å². The predicted molar refractivity (Wildman–Crippen MR) is 86.7 cm³/mol. The second-order valence-corrected chi connectivity index (χ2v) is 6.54. The van der Waals surface area contributed by atoms with Crippen molar-refractivity contribution in [2.75, 3.05) is 37.6 Å². The molecule has 138 valence electrons. The van der Waals surface area contributed by atoms with E-state index < -0.39 is 11.7 Å². The maximum Gasteiger partial charge on any atom is 0.417 e. The van der Waals surface area contributed by atoms with Crippen molar-refractivity contribution in [3.05, 3.63) is 23.9 Å². The van der Waals surface area contributed by atoms with Crippen molar-refractivity contribution in [1.82, 2.24) is 21.2 Å². The van der Waals surface area contributed by atoms with Gasteiger partial charge in [-0.15, -0.1) is 0 Å². The van der Waals surface area contributed by atoms with Gasteiger partial charge in [0.15, 0.2) is 0 Å². The van der Waals surface area contributed by atoms with Crippen LogP contribution < -0.4 is 21.1 Å². The van der Waals surface area contributed by atoms with Crippen molar-refractivity contribution in [2.45, 2.75) is 19.0 Å². The molecule has 1 aromatic heterocycles. The Hall–Kier alpha value is -1.87.